The van der Waals surface area contributed by atoms with Crippen molar-refractivity contribution in [1.82, 2.24) is 10.3 Å². The number of benzene rings is 2. The first-order chi connectivity index (χ1) is 20.9. The Morgan fingerprint density at radius 3 is 2.19 bits per heavy atom. The molecule has 10 nitrogen and oxygen atoms in total. The average molecular weight is 591 g/mol. The first kappa shape index (κ1) is 31.7. The van der Waals surface area contributed by atoms with Gasteiger partial charge in [0, 0.05) is 19.2 Å². The summed E-state index contributed by atoms with van der Waals surface area (Å²) in [5.74, 6) is -1.89. The van der Waals surface area contributed by atoms with E-state index in [0.29, 0.717) is 32.5 Å². The molecule has 2 heterocycles. The maximum Gasteiger partial charge on any atom is 0.329 e. The van der Waals surface area contributed by atoms with Gasteiger partial charge in [0.1, 0.15) is 18.2 Å². The molecular formula is C33H38N2O8. The molecule has 0 aliphatic carbocycles. The summed E-state index contributed by atoms with van der Waals surface area (Å²) in [6.07, 6.45) is 2.15. The van der Waals surface area contributed by atoms with Crippen molar-refractivity contribution in [2.24, 2.45) is 0 Å². The van der Waals surface area contributed by atoms with Gasteiger partial charge in [0.25, 0.3) is 5.91 Å². The van der Waals surface area contributed by atoms with Gasteiger partial charge in [-0.1, -0.05) is 73.5 Å². The van der Waals surface area contributed by atoms with E-state index in [9.17, 15) is 14.4 Å². The fraction of sp³-hybridized carbons (Fsp3) is 0.394. The number of carbonyl (C=O) groups is 3. The minimum absolute atomic E-state index is 0.121. The highest BCUT2D eigenvalue weighted by Gasteiger charge is 2.35. The zero-order valence-corrected chi connectivity index (χ0v) is 24.7. The lowest BCUT2D eigenvalue weighted by atomic mass is 9.98. The monoisotopic (exact) mass is 590 g/mol. The van der Waals surface area contributed by atoms with E-state index in [0.717, 1.165) is 17.5 Å². The van der Waals surface area contributed by atoms with Gasteiger partial charge in [-0.15, -0.1) is 0 Å². The van der Waals surface area contributed by atoms with Crippen molar-refractivity contribution < 1.29 is 38.1 Å². The molecule has 0 unspecified atom stereocenters. The fourth-order valence-corrected chi connectivity index (χ4v) is 4.93. The summed E-state index contributed by atoms with van der Waals surface area (Å²) in [7, 11) is 1.39. The summed E-state index contributed by atoms with van der Waals surface area (Å²) in [5.41, 5.74) is 1.85. The molecule has 0 bridgehead atoms. The van der Waals surface area contributed by atoms with Crippen molar-refractivity contribution in [3.63, 3.8) is 0 Å². The van der Waals surface area contributed by atoms with Gasteiger partial charge in [0.2, 0.25) is 5.75 Å². The number of hydrogen-bond acceptors (Lipinski definition) is 9. The van der Waals surface area contributed by atoms with Gasteiger partial charge in [-0.05, 0) is 30.9 Å². The lowest BCUT2D eigenvalue weighted by Crippen LogP contribution is -2.48. The molecule has 228 valence electrons. The number of hydrogen-bond donors (Lipinski definition) is 1. The highest BCUT2D eigenvalue weighted by Crippen LogP contribution is 2.30. The first-order valence-electron chi connectivity index (χ1n) is 14.4. The third-order valence-electron chi connectivity index (χ3n) is 7.09. The van der Waals surface area contributed by atoms with Crippen LogP contribution in [0.3, 0.4) is 0 Å². The molecular weight excluding hydrogens is 552 g/mol. The predicted octanol–water partition coefficient (Wildman–Crippen LogP) is 4.79. The molecule has 3 aromatic rings. The molecule has 0 spiro atoms. The van der Waals surface area contributed by atoms with E-state index in [1.807, 2.05) is 60.7 Å². The molecule has 0 saturated carbocycles. The van der Waals surface area contributed by atoms with E-state index < -0.39 is 36.1 Å². The standard InChI is InChI=1S/C33H38N2O8/c1-22-30(41-21-25-14-8-5-9-15-25)28(40-20-24-12-6-4-7-13-24)17-11-10-16-26(33(38)42-22)35-32(37)29-31(43-23(2)36)27(39-3)18-19-34-29/h4-9,12-15,18-19,22,26,28,30H,10-11,16-17,20-21H2,1-3H3,(H,35,37)/t22-,26-,28-,30-/m0/s1. The second-order valence-electron chi connectivity index (χ2n) is 10.3. The minimum Gasteiger partial charge on any atom is -0.493 e. The van der Waals surface area contributed by atoms with Crippen LogP contribution in [0.1, 0.15) is 61.1 Å². The lowest BCUT2D eigenvalue weighted by Gasteiger charge is -2.34. The van der Waals surface area contributed by atoms with Crippen molar-refractivity contribution in [2.45, 2.75) is 77.1 Å². The van der Waals surface area contributed by atoms with Crippen LogP contribution in [-0.2, 0) is 37.0 Å². The minimum atomic E-state index is -0.954. The van der Waals surface area contributed by atoms with Crippen LogP contribution in [0.25, 0.3) is 0 Å². The summed E-state index contributed by atoms with van der Waals surface area (Å²) >= 11 is 0. The van der Waals surface area contributed by atoms with Gasteiger partial charge >= 0.3 is 11.9 Å². The van der Waals surface area contributed by atoms with Crippen molar-refractivity contribution in [1.29, 1.82) is 0 Å². The smallest absolute Gasteiger partial charge is 0.329 e. The van der Waals surface area contributed by atoms with E-state index >= 15 is 0 Å². The van der Waals surface area contributed by atoms with E-state index in [1.54, 1.807) is 6.92 Å². The van der Waals surface area contributed by atoms with Crippen molar-refractivity contribution >= 4 is 17.8 Å². The average Bonchev–Trinajstić information content (AvgIpc) is 3.01. The lowest BCUT2D eigenvalue weighted by molar-refractivity contribution is -0.174. The third-order valence-corrected chi connectivity index (χ3v) is 7.09. The molecule has 10 heteroatoms. The van der Waals surface area contributed by atoms with Crippen molar-refractivity contribution in [2.75, 3.05) is 7.11 Å². The first-order valence-corrected chi connectivity index (χ1v) is 14.4. The van der Waals surface area contributed by atoms with Crippen LogP contribution in [0.5, 0.6) is 11.5 Å². The van der Waals surface area contributed by atoms with Gasteiger partial charge in [-0.3, -0.25) is 9.59 Å². The van der Waals surface area contributed by atoms with Crippen LogP contribution in [0.2, 0.25) is 0 Å². The maximum atomic E-state index is 13.4. The Morgan fingerprint density at radius 2 is 1.56 bits per heavy atom. The Morgan fingerprint density at radius 1 is 0.930 bits per heavy atom. The van der Waals surface area contributed by atoms with Gasteiger partial charge in [-0.25, -0.2) is 9.78 Å². The van der Waals surface area contributed by atoms with Crippen LogP contribution >= 0.6 is 0 Å². The molecule has 0 radical (unpaired) electrons. The molecule has 1 aliphatic rings. The molecule has 1 saturated heterocycles. The van der Waals surface area contributed by atoms with E-state index in [4.69, 9.17) is 23.7 Å². The summed E-state index contributed by atoms with van der Waals surface area (Å²) in [6, 6.07) is 20.2. The van der Waals surface area contributed by atoms with Gasteiger partial charge < -0.3 is 29.0 Å². The van der Waals surface area contributed by atoms with E-state index in [2.05, 4.69) is 10.3 Å². The highest BCUT2D eigenvalue weighted by molar-refractivity contribution is 5.98. The van der Waals surface area contributed by atoms with Crippen LogP contribution < -0.4 is 14.8 Å². The Kier molecular flexibility index (Phi) is 11.6. The maximum absolute atomic E-state index is 13.4. The summed E-state index contributed by atoms with van der Waals surface area (Å²) < 4.78 is 29.1. The van der Waals surface area contributed by atoms with Crippen LogP contribution in [-0.4, -0.2) is 54.3 Å². The zero-order valence-electron chi connectivity index (χ0n) is 24.7. The number of pyridine rings is 1. The number of nitrogens with one attached hydrogen (secondary N) is 1. The number of cyclic esters (lactones) is 1. The number of rotatable bonds is 10. The number of nitrogens with zero attached hydrogens (tertiary/aromatic N) is 1. The predicted molar refractivity (Wildman–Crippen MR) is 157 cm³/mol. The third kappa shape index (κ3) is 9.10. The second-order valence-corrected chi connectivity index (χ2v) is 10.3. The van der Waals surface area contributed by atoms with E-state index in [-0.39, 0.29) is 23.3 Å². The summed E-state index contributed by atoms with van der Waals surface area (Å²) in [6.45, 7) is 3.70. The summed E-state index contributed by atoms with van der Waals surface area (Å²) in [5, 5.41) is 2.72. The molecule has 4 atom stereocenters. The summed E-state index contributed by atoms with van der Waals surface area (Å²) in [4.78, 5) is 42.5. The molecule has 1 fully saturated rings. The Bertz CT molecular complexity index is 1350. The molecule has 43 heavy (non-hydrogen) atoms. The highest BCUT2D eigenvalue weighted by atomic mass is 16.6. The molecule has 1 aliphatic heterocycles. The Balaban J connectivity index is 1.51. The SMILES string of the molecule is COc1ccnc(C(=O)N[C@H]2CCCC[C@H](OCc3ccccc3)[C@@H](OCc3ccccc3)[C@H](C)OC2=O)c1OC(C)=O. The number of esters is 2. The van der Waals surface area contributed by atoms with Crippen LogP contribution in [0.4, 0.5) is 0 Å². The fourth-order valence-electron chi connectivity index (χ4n) is 4.93. The Hall–Kier alpha value is -4.28. The van der Waals surface area contributed by atoms with E-state index in [1.165, 1.54) is 26.3 Å². The molecule has 1 amide bonds. The number of carbonyl (C=O) groups excluding carboxylic acids is 3. The molecule has 2 aromatic carbocycles. The second kappa shape index (κ2) is 15.8. The van der Waals surface area contributed by atoms with Gasteiger partial charge in [0.15, 0.2) is 11.4 Å². The van der Waals surface area contributed by atoms with Crippen molar-refractivity contribution in [3.8, 4) is 11.5 Å². The normalized spacial score (nSPS) is 20.9. The number of amides is 1. The van der Waals surface area contributed by atoms with Crippen LogP contribution in [0.15, 0.2) is 72.9 Å². The Labute approximate surface area is 251 Å². The quantitative estimate of drug-likeness (QED) is 0.332. The van der Waals surface area contributed by atoms with Crippen LogP contribution in [0, 0.1) is 0 Å². The van der Waals surface area contributed by atoms with Gasteiger partial charge in [-0.2, -0.15) is 0 Å². The number of aromatic nitrogens is 1. The largest absolute Gasteiger partial charge is 0.493 e. The topological polar surface area (TPSA) is 122 Å². The van der Waals surface area contributed by atoms with Gasteiger partial charge in [0.05, 0.1) is 26.4 Å². The number of methoxy groups -OCH3 is 1. The molecule has 1 N–H and O–H groups in total. The zero-order chi connectivity index (χ0) is 30.6. The molecule has 4 rings (SSSR count). The molecule has 1 aromatic heterocycles. The van der Waals surface area contributed by atoms with Crippen molar-refractivity contribution in [3.05, 3.63) is 89.7 Å². The number of ether oxygens (including phenoxy) is 5.